The Morgan fingerprint density at radius 3 is 2.41 bits per heavy atom. The Balaban J connectivity index is 1.83. The monoisotopic (exact) mass is 475 g/mol. The molecule has 0 aliphatic heterocycles. The molecule has 2 aromatic carbocycles. The highest BCUT2D eigenvalue weighted by atomic mass is 19.4. The summed E-state index contributed by atoms with van der Waals surface area (Å²) in [6, 6.07) is 11.7. The van der Waals surface area contributed by atoms with E-state index in [1.54, 1.807) is 24.3 Å². The third kappa shape index (κ3) is 4.52. The van der Waals surface area contributed by atoms with Crippen LogP contribution in [-0.4, -0.2) is 29.0 Å². The lowest BCUT2D eigenvalue weighted by Crippen LogP contribution is -2.43. The number of alkyl halides is 3. The van der Waals surface area contributed by atoms with Gasteiger partial charge >= 0.3 is 6.18 Å². The molecular weight excluding hydrogens is 454 g/mol. The van der Waals surface area contributed by atoms with Crippen LogP contribution in [0.15, 0.2) is 42.5 Å². The molecule has 34 heavy (non-hydrogen) atoms. The molecule has 0 atom stereocenters. The number of anilines is 1. The fourth-order valence-electron chi connectivity index (χ4n) is 3.21. The molecule has 11 heteroatoms. The lowest BCUT2D eigenvalue weighted by atomic mass is 10.0. The van der Waals surface area contributed by atoms with Crippen LogP contribution in [0.1, 0.15) is 35.3 Å². The van der Waals surface area contributed by atoms with Crippen molar-refractivity contribution in [2.45, 2.75) is 32.1 Å². The minimum Gasteiger partial charge on any atom is -0.496 e. The lowest BCUT2D eigenvalue weighted by molar-refractivity contribution is -0.205. The number of nitriles is 1. The number of amides is 1. The van der Waals surface area contributed by atoms with Gasteiger partial charge in [-0.05, 0) is 37.6 Å². The smallest absolute Gasteiger partial charge is 0.413 e. The van der Waals surface area contributed by atoms with Crippen LogP contribution in [0.25, 0.3) is 11.3 Å². The van der Waals surface area contributed by atoms with E-state index in [-0.39, 0.29) is 34.9 Å². The van der Waals surface area contributed by atoms with Crippen LogP contribution in [-0.2, 0) is 12.1 Å². The van der Waals surface area contributed by atoms with E-state index in [1.807, 2.05) is 6.07 Å². The molecule has 0 spiro atoms. The summed E-state index contributed by atoms with van der Waals surface area (Å²) in [5.41, 5.74) is 4.30. The summed E-state index contributed by atoms with van der Waals surface area (Å²) in [6.45, 7) is 1.92. The number of ether oxygens (including phenoxy) is 1. The summed E-state index contributed by atoms with van der Waals surface area (Å²) in [5, 5.41) is 16.1. The number of nitrogens with zero attached hydrogens (tertiary/aromatic N) is 3. The topological polar surface area (TPSA) is 106 Å². The second-order valence-electron chi connectivity index (χ2n) is 7.91. The number of carbonyl (C=O) groups is 1. The zero-order chi connectivity index (χ0) is 25.3. The van der Waals surface area contributed by atoms with Gasteiger partial charge in [0.2, 0.25) is 0 Å². The van der Waals surface area contributed by atoms with Gasteiger partial charge in [0.15, 0.2) is 5.54 Å². The predicted molar refractivity (Wildman–Crippen MR) is 116 cm³/mol. The molecule has 0 bridgehead atoms. The Hall–Kier alpha value is -4.07. The highest BCUT2D eigenvalue weighted by Gasteiger charge is 2.51. The van der Waals surface area contributed by atoms with Gasteiger partial charge in [0.1, 0.15) is 34.7 Å². The highest BCUT2D eigenvalue weighted by Crippen LogP contribution is 2.39. The first-order valence-electron chi connectivity index (χ1n) is 9.97. The van der Waals surface area contributed by atoms with Gasteiger partial charge in [-0.25, -0.2) is 9.07 Å². The molecule has 3 rings (SSSR count). The van der Waals surface area contributed by atoms with E-state index in [0.717, 1.165) is 19.9 Å². The summed E-state index contributed by atoms with van der Waals surface area (Å²) in [6.07, 6.45) is -4.65. The molecule has 7 nitrogen and oxygen atoms in total. The van der Waals surface area contributed by atoms with E-state index in [4.69, 9.17) is 10.5 Å². The van der Waals surface area contributed by atoms with Crippen LogP contribution < -0.4 is 15.8 Å². The molecule has 0 saturated heterocycles. The summed E-state index contributed by atoms with van der Waals surface area (Å²) < 4.78 is 59.6. The second kappa shape index (κ2) is 9.05. The predicted octanol–water partition coefficient (Wildman–Crippen LogP) is 4.38. The maximum Gasteiger partial charge on any atom is 0.413 e. The van der Waals surface area contributed by atoms with Crippen LogP contribution in [0.3, 0.4) is 0 Å². The Labute approximate surface area is 192 Å². The van der Waals surface area contributed by atoms with Gasteiger partial charge in [-0.15, -0.1) is 0 Å². The normalized spacial score (nSPS) is 11.7. The van der Waals surface area contributed by atoms with Gasteiger partial charge in [0.25, 0.3) is 5.91 Å². The molecule has 3 aromatic rings. The number of hydrogen-bond donors (Lipinski definition) is 2. The van der Waals surface area contributed by atoms with E-state index in [9.17, 15) is 27.6 Å². The molecule has 3 N–H and O–H groups in total. The van der Waals surface area contributed by atoms with Gasteiger partial charge in [-0.2, -0.15) is 23.5 Å². The first-order valence-corrected chi connectivity index (χ1v) is 9.97. The van der Waals surface area contributed by atoms with Crippen LogP contribution in [0.5, 0.6) is 5.75 Å². The Kier molecular flexibility index (Phi) is 6.54. The van der Waals surface area contributed by atoms with Gasteiger partial charge in [-0.3, -0.25) is 4.79 Å². The van der Waals surface area contributed by atoms with Gasteiger partial charge in [-0.1, -0.05) is 24.3 Å². The number of nitrogens with one attached hydrogen (secondary N) is 1. The molecular formula is C23H21F4N5O2. The zero-order valence-electron chi connectivity index (χ0n) is 18.5. The third-order valence-corrected chi connectivity index (χ3v) is 5.34. The average molecular weight is 475 g/mol. The van der Waals surface area contributed by atoms with Crippen LogP contribution in [0.4, 0.5) is 23.4 Å². The highest BCUT2D eigenvalue weighted by molar-refractivity contribution is 5.96. The van der Waals surface area contributed by atoms with E-state index in [1.165, 1.54) is 19.2 Å². The maximum atomic E-state index is 13.5. The van der Waals surface area contributed by atoms with Gasteiger partial charge in [0.05, 0.1) is 12.7 Å². The first-order chi connectivity index (χ1) is 15.9. The molecule has 0 fully saturated rings. The van der Waals surface area contributed by atoms with Crippen molar-refractivity contribution in [3.05, 3.63) is 65.0 Å². The number of halogens is 4. The van der Waals surface area contributed by atoms with Crippen molar-refractivity contribution < 1.29 is 27.1 Å². The number of nitrogens with two attached hydrogens (primary N) is 1. The molecule has 1 heterocycles. The minimum atomic E-state index is -4.65. The molecule has 0 unspecified atom stereocenters. The van der Waals surface area contributed by atoms with Crippen LogP contribution >= 0.6 is 0 Å². The summed E-state index contributed by atoms with van der Waals surface area (Å²) in [7, 11) is 1.36. The quantitative estimate of drug-likeness (QED) is 0.515. The van der Waals surface area contributed by atoms with Crippen molar-refractivity contribution in [2.75, 3.05) is 12.8 Å². The molecule has 0 aliphatic carbocycles. The number of benzene rings is 2. The van der Waals surface area contributed by atoms with E-state index >= 15 is 0 Å². The van der Waals surface area contributed by atoms with Gasteiger partial charge in [0, 0.05) is 12.1 Å². The standard InChI is InChI=1S/C23H21F4N5O2/c1-22(2,23(25,26)27)32-20(29)17(11-28)19(31-32)14-6-4-13(5-7-14)12-30-21(33)16-10-15(24)8-9-18(16)34-3/h4-10H,12,29H2,1-3H3,(H,30,33). The van der Waals surface area contributed by atoms with Gasteiger partial charge < -0.3 is 15.8 Å². The first kappa shape index (κ1) is 24.6. The summed E-state index contributed by atoms with van der Waals surface area (Å²) in [5.74, 6) is -1.31. The second-order valence-corrected chi connectivity index (χ2v) is 7.91. The largest absolute Gasteiger partial charge is 0.496 e. The Morgan fingerprint density at radius 2 is 1.85 bits per heavy atom. The van der Waals surface area contributed by atoms with Crippen molar-refractivity contribution in [3.8, 4) is 23.1 Å². The molecule has 1 aromatic heterocycles. The summed E-state index contributed by atoms with van der Waals surface area (Å²) >= 11 is 0. The zero-order valence-corrected chi connectivity index (χ0v) is 18.5. The van der Waals surface area contributed by atoms with Crippen molar-refractivity contribution in [1.29, 1.82) is 5.26 Å². The SMILES string of the molecule is COc1ccc(F)cc1C(=O)NCc1ccc(-c2nn(C(C)(C)C(F)(F)F)c(N)c2C#N)cc1. The van der Waals surface area contributed by atoms with Crippen molar-refractivity contribution >= 4 is 11.7 Å². The average Bonchev–Trinajstić information content (AvgIpc) is 3.13. The lowest BCUT2D eigenvalue weighted by Gasteiger charge is -2.28. The van der Waals surface area contributed by atoms with Crippen LogP contribution in [0.2, 0.25) is 0 Å². The summed E-state index contributed by atoms with van der Waals surface area (Å²) in [4.78, 5) is 12.4. The van der Waals surface area contributed by atoms with Crippen LogP contribution in [0, 0.1) is 17.1 Å². The third-order valence-electron chi connectivity index (χ3n) is 5.34. The number of aromatic nitrogens is 2. The van der Waals surface area contributed by atoms with Crippen molar-refractivity contribution in [3.63, 3.8) is 0 Å². The molecule has 0 saturated carbocycles. The Bertz CT molecular complexity index is 1260. The number of hydrogen-bond acceptors (Lipinski definition) is 5. The van der Waals surface area contributed by atoms with E-state index < -0.39 is 23.4 Å². The van der Waals surface area contributed by atoms with E-state index in [2.05, 4.69) is 10.4 Å². The van der Waals surface area contributed by atoms with Crippen molar-refractivity contribution in [1.82, 2.24) is 15.1 Å². The maximum absolute atomic E-state index is 13.5. The fraction of sp³-hybridized carbons (Fsp3) is 0.261. The minimum absolute atomic E-state index is 0.0115. The molecule has 1 amide bonds. The Morgan fingerprint density at radius 1 is 1.21 bits per heavy atom. The van der Waals surface area contributed by atoms with Crippen molar-refractivity contribution in [2.24, 2.45) is 0 Å². The number of carbonyl (C=O) groups excluding carboxylic acids is 1. The fourth-order valence-corrected chi connectivity index (χ4v) is 3.21. The van der Waals surface area contributed by atoms with E-state index in [0.29, 0.717) is 15.8 Å². The number of nitrogen functional groups attached to an aromatic ring is 1. The number of methoxy groups -OCH3 is 1. The molecule has 0 radical (unpaired) electrons. The molecule has 178 valence electrons. The molecule has 0 aliphatic rings. The number of rotatable bonds is 6.